The summed E-state index contributed by atoms with van der Waals surface area (Å²) >= 11 is 0.957. The van der Waals surface area contributed by atoms with Crippen molar-refractivity contribution >= 4 is 23.2 Å². The van der Waals surface area contributed by atoms with Gasteiger partial charge in [0.25, 0.3) is 5.91 Å². The summed E-state index contributed by atoms with van der Waals surface area (Å²) in [4.78, 5) is 23.4. The Labute approximate surface area is 130 Å². The SMILES string of the molecule is O=C(O)c1ccc(C(=O)NCC2(c3ccc(F)cc3)CC2)s1. The van der Waals surface area contributed by atoms with Crippen molar-refractivity contribution < 1.29 is 19.1 Å². The Morgan fingerprint density at radius 3 is 2.32 bits per heavy atom. The summed E-state index contributed by atoms with van der Waals surface area (Å²) in [6, 6.07) is 9.30. The maximum absolute atomic E-state index is 13.0. The second kappa shape index (κ2) is 5.53. The molecule has 1 fully saturated rings. The van der Waals surface area contributed by atoms with Gasteiger partial charge in [-0.05, 0) is 42.7 Å². The minimum absolute atomic E-state index is 0.115. The number of carbonyl (C=O) groups excluding carboxylic acids is 1. The molecule has 6 heteroatoms. The molecule has 0 atom stereocenters. The van der Waals surface area contributed by atoms with E-state index in [1.807, 2.05) is 0 Å². The monoisotopic (exact) mass is 319 g/mol. The van der Waals surface area contributed by atoms with Crippen molar-refractivity contribution in [3.63, 3.8) is 0 Å². The van der Waals surface area contributed by atoms with Gasteiger partial charge in [-0.1, -0.05) is 12.1 Å². The first kappa shape index (κ1) is 14.7. The molecule has 0 spiro atoms. The summed E-state index contributed by atoms with van der Waals surface area (Å²) < 4.78 is 13.0. The minimum atomic E-state index is -1.03. The number of amides is 1. The smallest absolute Gasteiger partial charge is 0.345 e. The predicted octanol–water partition coefficient (Wildman–Crippen LogP) is 3.05. The second-order valence-corrected chi connectivity index (χ2v) is 6.52. The van der Waals surface area contributed by atoms with Crippen molar-refractivity contribution in [3.8, 4) is 0 Å². The Balaban J connectivity index is 1.65. The molecule has 1 aromatic heterocycles. The fourth-order valence-corrected chi connectivity index (χ4v) is 3.19. The average Bonchev–Trinajstić information content (AvgIpc) is 3.11. The highest BCUT2D eigenvalue weighted by Crippen LogP contribution is 2.47. The van der Waals surface area contributed by atoms with Crippen LogP contribution in [0.5, 0.6) is 0 Å². The van der Waals surface area contributed by atoms with E-state index >= 15 is 0 Å². The number of carbonyl (C=O) groups is 2. The summed E-state index contributed by atoms with van der Waals surface area (Å²) in [6.45, 7) is 0.470. The summed E-state index contributed by atoms with van der Waals surface area (Å²) in [7, 11) is 0. The average molecular weight is 319 g/mol. The molecular weight excluding hydrogens is 305 g/mol. The van der Waals surface area contributed by atoms with Crippen molar-refractivity contribution in [2.45, 2.75) is 18.3 Å². The van der Waals surface area contributed by atoms with Crippen LogP contribution in [0.25, 0.3) is 0 Å². The number of halogens is 1. The van der Waals surface area contributed by atoms with Crippen LogP contribution in [0.3, 0.4) is 0 Å². The number of carboxylic acids is 1. The Kier molecular flexibility index (Phi) is 3.70. The van der Waals surface area contributed by atoms with Gasteiger partial charge in [0.15, 0.2) is 0 Å². The molecule has 1 aliphatic rings. The zero-order valence-electron chi connectivity index (χ0n) is 11.6. The van der Waals surface area contributed by atoms with Crippen LogP contribution in [0, 0.1) is 5.82 Å². The first-order chi connectivity index (χ1) is 10.5. The van der Waals surface area contributed by atoms with Gasteiger partial charge in [0.05, 0.1) is 4.88 Å². The summed E-state index contributed by atoms with van der Waals surface area (Å²) in [6.07, 6.45) is 1.90. The maximum atomic E-state index is 13.0. The van der Waals surface area contributed by atoms with Gasteiger partial charge < -0.3 is 10.4 Å². The van der Waals surface area contributed by atoms with Crippen molar-refractivity contribution in [3.05, 3.63) is 57.5 Å². The number of nitrogens with one attached hydrogen (secondary N) is 1. The largest absolute Gasteiger partial charge is 0.477 e. The Bertz CT molecular complexity index is 719. The van der Waals surface area contributed by atoms with E-state index in [0.717, 1.165) is 29.7 Å². The lowest BCUT2D eigenvalue weighted by Gasteiger charge is -2.16. The van der Waals surface area contributed by atoms with Gasteiger partial charge in [0, 0.05) is 12.0 Å². The lowest BCUT2D eigenvalue weighted by molar-refractivity contribution is 0.0702. The normalized spacial score (nSPS) is 15.3. The van der Waals surface area contributed by atoms with E-state index < -0.39 is 5.97 Å². The third-order valence-electron chi connectivity index (χ3n) is 3.94. The minimum Gasteiger partial charge on any atom is -0.477 e. The van der Waals surface area contributed by atoms with Crippen LogP contribution in [0.4, 0.5) is 4.39 Å². The standard InChI is InChI=1S/C16H14FNO3S/c17-11-3-1-10(2-4-11)16(7-8-16)9-18-14(19)12-5-6-13(22-12)15(20)21/h1-6H,7-9H2,(H,18,19)(H,20,21). The van der Waals surface area contributed by atoms with Gasteiger partial charge in [-0.15, -0.1) is 11.3 Å². The fraction of sp³-hybridized carbons (Fsp3) is 0.250. The molecular formula is C16H14FNO3S. The first-order valence-corrected chi connectivity index (χ1v) is 7.69. The molecule has 4 nitrogen and oxygen atoms in total. The zero-order chi connectivity index (χ0) is 15.7. The van der Waals surface area contributed by atoms with Gasteiger partial charge in [0.2, 0.25) is 0 Å². The van der Waals surface area contributed by atoms with Gasteiger partial charge in [0.1, 0.15) is 10.7 Å². The molecule has 1 saturated carbocycles. The Hall–Kier alpha value is -2.21. The summed E-state index contributed by atoms with van der Waals surface area (Å²) in [5.41, 5.74) is 0.905. The van der Waals surface area contributed by atoms with Crippen LogP contribution in [0.2, 0.25) is 0 Å². The highest BCUT2D eigenvalue weighted by Gasteiger charge is 2.44. The van der Waals surface area contributed by atoms with Crippen molar-refractivity contribution in [1.82, 2.24) is 5.32 Å². The zero-order valence-corrected chi connectivity index (χ0v) is 12.5. The fourth-order valence-electron chi connectivity index (χ4n) is 2.43. The van der Waals surface area contributed by atoms with Crippen molar-refractivity contribution in [1.29, 1.82) is 0 Å². The molecule has 114 valence electrons. The highest BCUT2D eigenvalue weighted by molar-refractivity contribution is 7.15. The molecule has 3 rings (SSSR count). The predicted molar refractivity (Wildman–Crippen MR) is 80.9 cm³/mol. The number of rotatable bonds is 5. The number of hydrogen-bond donors (Lipinski definition) is 2. The van der Waals surface area contributed by atoms with E-state index in [0.29, 0.717) is 11.4 Å². The van der Waals surface area contributed by atoms with Crippen molar-refractivity contribution in [2.24, 2.45) is 0 Å². The molecule has 0 aliphatic heterocycles. The molecule has 0 unspecified atom stereocenters. The van der Waals surface area contributed by atoms with Crippen LogP contribution in [0.1, 0.15) is 37.7 Å². The molecule has 1 heterocycles. The third-order valence-corrected chi connectivity index (χ3v) is 5.01. The number of carboxylic acid groups (broad SMARTS) is 1. The molecule has 0 radical (unpaired) electrons. The topological polar surface area (TPSA) is 66.4 Å². The van der Waals surface area contributed by atoms with Gasteiger partial charge >= 0.3 is 5.97 Å². The van der Waals surface area contributed by atoms with E-state index in [4.69, 9.17) is 5.11 Å². The number of hydrogen-bond acceptors (Lipinski definition) is 3. The molecule has 1 amide bonds. The Morgan fingerprint density at radius 2 is 1.77 bits per heavy atom. The van der Waals surface area contributed by atoms with Gasteiger partial charge in [-0.2, -0.15) is 0 Å². The van der Waals surface area contributed by atoms with E-state index in [9.17, 15) is 14.0 Å². The van der Waals surface area contributed by atoms with Crippen molar-refractivity contribution in [2.75, 3.05) is 6.54 Å². The van der Waals surface area contributed by atoms with Crippen LogP contribution in [-0.4, -0.2) is 23.5 Å². The molecule has 2 aromatic rings. The lowest BCUT2D eigenvalue weighted by atomic mass is 9.96. The quantitative estimate of drug-likeness (QED) is 0.890. The molecule has 0 bridgehead atoms. The number of thiophene rings is 1. The number of benzene rings is 1. The van der Waals surface area contributed by atoms with E-state index in [1.165, 1.54) is 24.3 Å². The second-order valence-electron chi connectivity index (χ2n) is 5.44. The van der Waals surface area contributed by atoms with E-state index in [2.05, 4.69) is 5.32 Å². The molecule has 2 N–H and O–H groups in total. The molecule has 0 saturated heterocycles. The van der Waals surface area contributed by atoms with Gasteiger partial charge in [-0.3, -0.25) is 4.79 Å². The summed E-state index contributed by atoms with van der Waals surface area (Å²) in [5.74, 6) is -1.58. The van der Waals surface area contributed by atoms with E-state index in [1.54, 1.807) is 12.1 Å². The lowest BCUT2D eigenvalue weighted by Crippen LogP contribution is -2.31. The Morgan fingerprint density at radius 1 is 1.14 bits per heavy atom. The van der Waals surface area contributed by atoms with Crippen LogP contribution in [-0.2, 0) is 5.41 Å². The molecule has 1 aromatic carbocycles. The number of aromatic carboxylic acids is 1. The van der Waals surface area contributed by atoms with Crippen LogP contribution >= 0.6 is 11.3 Å². The van der Waals surface area contributed by atoms with Gasteiger partial charge in [-0.25, -0.2) is 9.18 Å². The molecule has 1 aliphatic carbocycles. The highest BCUT2D eigenvalue weighted by atomic mass is 32.1. The first-order valence-electron chi connectivity index (χ1n) is 6.88. The van der Waals surface area contributed by atoms with Crippen LogP contribution in [0.15, 0.2) is 36.4 Å². The van der Waals surface area contributed by atoms with Crippen LogP contribution < -0.4 is 5.32 Å². The summed E-state index contributed by atoms with van der Waals surface area (Å²) in [5, 5.41) is 11.7. The molecule has 22 heavy (non-hydrogen) atoms. The van der Waals surface area contributed by atoms with E-state index in [-0.39, 0.29) is 22.0 Å². The third kappa shape index (κ3) is 2.87. The maximum Gasteiger partial charge on any atom is 0.345 e.